The fraction of sp³-hybridized carbons (Fsp3) is 0.417. The molecule has 1 saturated carbocycles. The van der Waals surface area contributed by atoms with Crippen molar-refractivity contribution in [2.24, 2.45) is 5.41 Å². The molecule has 3 amide bonds. The van der Waals surface area contributed by atoms with E-state index in [-0.39, 0.29) is 5.91 Å². The summed E-state index contributed by atoms with van der Waals surface area (Å²) in [5, 5.41) is 15.9. The summed E-state index contributed by atoms with van der Waals surface area (Å²) in [5.41, 5.74) is -0.548. The van der Waals surface area contributed by atoms with Crippen molar-refractivity contribution < 1.29 is 14.7 Å². The van der Waals surface area contributed by atoms with Gasteiger partial charge in [0.05, 0.1) is 0 Å². The van der Waals surface area contributed by atoms with E-state index in [9.17, 15) is 14.7 Å². The largest absolute Gasteiger partial charge is 0.367 e. The number of benzene rings is 2. The Hall–Kier alpha value is -2.51. The van der Waals surface area contributed by atoms with Crippen LogP contribution in [0.1, 0.15) is 31.2 Å². The van der Waals surface area contributed by atoms with Crippen LogP contribution in [-0.4, -0.2) is 51.5 Å². The van der Waals surface area contributed by atoms with Crippen LogP contribution in [0.4, 0.5) is 10.5 Å². The van der Waals surface area contributed by atoms with Gasteiger partial charge in [-0.05, 0) is 49.8 Å². The molecule has 0 unspecified atom stereocenters. The zero-order valence-electron chi connectivity index (χ0n) is 17.8. The van der Waals surface area contributed by atoms with Crippen molar-refractivity contribution in [1.29, 1.82) is 0 Å². The first-order chi connectivity index (χ1) is 14.8. The van der Waals surface area contributed by atoms with Gasteiger partial charge < -0.3 is 10.4 Å². The number of rotatable bonds is 4. The predicted molar refractivity (Wildman–Crippen MR) is 121 cm³/mol. The van der Waals surface area contributed by atoms with E-state index in [2.05, 4.69) is 17.4 Å². The maximum atomic E-state index is 13.6. The molecule has 2 aromatic rings. The minimum Gasteiger partial charge on any atom is -0.367 e. The van der Waals surface area contributed by atoms with Gasteiger partial charge in [0.15, 0.2) is 5.72 Å². The van der Waals surface area contributed by atoms with E-state index in [0.29, 0.717) is 19.3 Å². The number of urea groups is 1. The lowest BCUT2D eigenvalue weighted by molar-refractivity contribution is -0.199. The molecule has 2 N–H and O–H groups in total. The van der Waals surface area contributed by atoms with Gasteiger partial charge in [-0.3, -0.25) is 14.6 Å². The van der Waals surface area contributed by atoms with Gasteiger partial charge in [0.25, 0.3) is 0 Å². The number of fused-ring (bicyclic) bond motifs is 3. The lowest BCUT2D eigenvalue weighted by atomic mass is 9.71. The van der Waals surface area contributed by atoms with Crippen molar-refractivity contribution in [3.8, 4) is 0 Å². The first kappa shape index (κ1) is 20.4. The van der Waals surface area contributed by atoms with Crippen LogP contribution in [0.3, 0.4) is 0 Å². The number of nitrogens with one attached hydrogen (secondary N) is 1. The smallest absolute Gasteiger partial charge is 0.328 e. The van der Waals surface area contributed by atoms with Crippen LogP contribution in [-0.2, 0) is 11.2 Å². The summed E-state index contributed by atoms with van der Waals surface area (Å²) >= 11 is 1.54. The maximum absolute atomic E-state index is 13.6. The van der Waals surface area contributed by atoms with Crippen LogP contribution in [0.2, 0.25) is 0 Å². The van der Waals surface area contributed by atoms with E-state index in [4.69, 9.17) is 0 Å². The number of carbonyl (C=O) groups excluding carboxylic acids is 2. The lowest BCUT2D eigenvalue weighted by Crippen LogP contribution is -2.77. The van der Waals surface area contributed by atoms with E-state index in [1.807, 2.05) is 42.5 Å². The summed E-state index contributed by atoms with van der Waals surface area (Å²) in [6.45, 7) is 0. The molecule has 7 heteroatoms. The molecule has 31 heavy (non-hydrogen) atoms. The average Bonchev–Trinajstić information content (AvgIpc) is 3.29. The molecule has 2 heterocycles. The molecular weight excluding hydrogens is 410 g/mol. The standard InChI is InChI=1S/C24H27N3O3S/c1-26-20(28)22(14-8-11-17-9-4-3-5-10-17)15-16-23(24(22,30)27(2)21(26)29)25-18-12-6-7-13-19(18)31-23/h3-7,9-10,12-13,25,30H,8,11,14-16H2,1-2H3/t22-,23-,24-/m0/s1. The molecular formula is C24H27N3O3S. The molecule has 162 valence electrons. The SMILES string of the molecule is CN1C(=O)N(C)[C@]2(O)[C@@](CCCc3ccccc3)(CC[C@@]23Nc2ccccc2S3)C1=O. The highest BCUT2D eigenvalue weighted by Crippen LogP contribution is 2.67. The van der Waals surface area contributed by atoms with E-state index in [1.165, 1.54) is 22.4 Å². The normalized spacial score (nSPS) is 31.7. The Bertz CT molecular complexity index is 1020. The van der Waals surface area contributed by atoms with Crippen molar-refractivity contribution in [3.05, 3.63) is 60.2 Å². The molecule has 0 radical (unpaired) electrons. The van der Waals surface area contributed by atoms with Crippen molar-refractivity contribution in [2.75, 3.05) is 19.4 Å². The molecule has 6 nitrogen and oxygen atoms in total. The highest BCUT2D eigenvalue weighted by Gasteiger charge is 2.77. The fourth-order valence-electron chi connectivity index (χ4n) is 5.75. The number of likely N-dealkylation sites (N-methyl/N-ethyl adjacent to an activating group) is 1. The van der Waals surface area contributed by atoms with Crippen LogP contribution in [0, 0.1) is 5.41 Å². The summed E-state index contributed by atoms with van der Waals surface area (Å²) < 4.78 is 0. The number of hydrogen-bond donors (Lipinski definition) is 2. The van der Waals surface area contributed by atoms with Gasteiger partial charge in [-0.2, -0.15) is 0 Å². The van der Waals surface area contributed by atoms with Crippen LogP contribution >= 0.6 is 11.8 Å². The van der Waals surface area contributed by atoms with Crippen molar-refractivity contribution in [2.45, 2.75) is 47.6 Å². The van der Waals surface area contributed by atoms with E-state index in [0.717, 1.165) is 23.4 Å². The number of aryl methyl sites for hydroxylation is 1. The Kier molecular flexibility index (Phi) is 4.61. The van der Waals surface area contributed by atoms with Crippen LogP contribution in [0.15, 0.2) is 59.5 Å². The molecule has 2 aliphatic heterocycles. The molecule has 0 aromatic heterocycles. The Balaban J connectivity index is 1.53. The van der Waals surface area contributed by atoms with Gasteiger partial charge in [-0.15, -0.1) is 0 Å². The molecule has 3 atom stereocenters. The van der Waals surface area contributed by atoms with Gasteiger partial charge in [-0.1, -0.05) is 54.2 Å². The predicted octanol–water partition coefficient (Wildman–Crippen LogP) is 3.92. The molecule has 1 aliphatic carbocycles. The highest BCUT2D eigenvalue weighted by atomic mass is 32.2. The Morgan fingerprint density at radius 1 is 1.03 bits per heavy atom. The van der Waals surface area contributed by atoms with Crippen LogP contribution in [0.25, 0.3) is 0 Å². The minimum atomic E-state index is -1.64. The van der Waals surface area contributed by atoms with Gasteiger partial charge in [0.1, 0.15) is 10.3 Å². The third-order valence-corrected chi connectivity index (χ3v) is 8.84. The van der Waals surface area contributed by atoms with Crippen molar-refractivity contribution >= 4 is 29.4 Å². The number of hydrogen-bond acceptors (Lipinski definition) is 5. The topological polar surface area (TPSA) is 72.9 Å². The number of amides is 3. The summed E-state index contributed by atoms with van der Waals surface area (Å²) in [7, 11) is 3.14. The number of anilines is 1. The number of imide groups is 1. The third-order valence-electron chi connectivity index (χ3n) is 7.33. The van der Waals surface area contributed by atoms with Gasteiger partial charge in [0.2, 0.25) is 5.91 Å². The van der Waals surface area contributed by atoms with Crippen LogP contribution < -0.4 is 5.32 Å². The molecule has 3 aliphatic rings. The van der Waals surface area contributed by atoms with E-state index < -0.39 is 22.0 Å². The zero-order valence-corrected chi connectivity index (χ0v) is 18.6. The van der Waals surface area contributed by atoms with Gasteiger partial charge in [-0.25, -0.2) is 4.79 Å². The summed E-state index contributed by atoms with van der Waals surface area (Å²) in [4.78, 5) is 29.4. The van der Waals surface area contributed by atoms with Crippen molar-refractivity contribution in [3.63, 3.8) is 0 Å². The number of thioether (sulfide) groups is 1. The second-order valence-electron chi connectivity index (χ2n) is 8.85. The lowest BCUT2D eigenvalue weighted by Gasteiger charge is -2.56. The Morgan fingerprint density at radius 3 is 2.48 bits per heavy atom. The van der Waals surface area contributed by atoms with Crippen molar-refractivity contribution in [1.82, 2.24) is 9.80 Å². The summed E-state index contributed by atoms with van der Waals surface area (Å²) in [5.74, 6) is -0.276. The van der Waals surface area contributed by atoms with E-state index in [1.54, 1.807) is 18.8 Å². The molecule has 2 aromatic carbocycles. The third kappa shape index (κ3) is 2.62. The molecule has 5 rings (SSSR count). The minimum absolute atomic E-state index is 0.276. The highest BCUT2D eigenvalue weighted by molar-refractivity contribution is 8.01. The second-order valence-corrected chi connectivity index (χ2v) is 10.2. The summed E-state index contributed by atoms with van der Waals surface area (Å²) in [6, 6.07) is 17.6. The molecule has 1 saturated heterocycles. The summed E-state index contributed by atoms with van der Waals surface area (Å²) in [6.07, 6.45) is 3.20. The first-order valence-electron chi connectivity index (χ1n) is 10.7. The van der Waals surface area contributed by atoms with E-state index >= 15 is 0 Å². The quantitative estimate of drug-likeness (QED) is 0.759. The Morgan fingerprint density at radius 2 is 1.74 bits per heavy atom. The number of nitrogens with zero attached hydrogens (tertiary/aromatic N) is 2. The number of para-hydroxylation sites is 1. The Labute approximate surface area is 186 Å². The van der Waals surface area contributed by atoms with Crippen LogP contribution in [0.5, 0.6) is 0 Å². The zero-order chi connectivity index (χ0) is 21.9. The number of aliphatic hydroxyl groups is 1. The fourth-order valence-corrected chi connectivity index (χ4v) is 7.34. The molecule has 0 bridgehead atoms. The maximum Gasteiger partial charge on any atom is 0.328 e. The van der Waals surface area contributed by atoms with Gasteiger partial charge in [0, 0.05) is 24.7 Å². The second kappa shape index (κ2) is 7.00. The average molecular weight is 438 g/mol. The first-order valence-corrected chi connectivity index (χ1v) is 11.5. The van der Waals surface area contributed by atoms with Gasteiger partial charge >= 0.3 is 6.03 Å². The monoisotopic (exact) mass is 437 g/mol. The number of carbonyl (C=O) groups is 2. The molecule has 1 spiro atoms. The molecule has 2 fully saturated rings.